The lowest BCUT2D eigenvalue weighted by Crippen LogP contribution is -2.49. The van der Waals surface area contributed by atoms with Gasteiger partial charge in [0.05, 0.1) is 6.04 Å². The van der Waals surface area contributed by atoms with Gasteiger partial charge < -0.3 is 20.8 Å². The van der Waals surface area contributed by atoms with Gasteiger partial charge in [0, 0.05) is 12.5 Å². The highest BCUT2D eigenvalue weighted by Crippen LogP contribution is 2.21. The summed E-state index contributed by atoms with van der Waals surface area (Å²) in [6.45, 7) is 0. The number of hydrogen-bond donors (Lipinski definition) is 4. The highest BCUT2D eigenvalue weighted by molar-refractivity contribution is 5.65. The van der Waals surface area contributed by atoms with Crippen LogP contribution in [0.2, 0.25) is 0 Å². The van der Waals surface area contributed by atoms with Crippen molar-refractivity contribution in [3.8, 4) is 0 Å². The molecule has 0 unspecified atom stereocenters. The molecular weight excluding hydrogens is 207 g/mol. The van der Waals surface area contributed by atoms with Crippen LogP contribution in [0, 0.1) is 0 Å². The molecule has 7 heteroatoms. The Labute approximate surface area is 85.5 Å². The van der Waals surface area contributed by atoms with Gasteiger partial charge in [-0.15, -0.1) is 0 Å². The van der Waals surface area contributed by atoms with Crippen molar-refractivity contribution in [1.29, 1.82) is 0 Å². The Morgan fingerprint density at radius 1 is 1.13 bits per heavy atom. The van der Waals surface area contributed by atoms with Gasteiger partial charge in [-0.25, -0.2) is 14.0 Å². The highest BCUT2D eigenvalue weighted by atomic mass is 19.1. The second-order valence-electron chi connectivity index (χ2n) is 3.53. The SMILES string of the molecule is O=C(O)N[C@@H]1CC[C@@H](NC(=O)O)[C@@H](F)C1. The molecule has 0 aromatic rings. The number of carbonyl (C=O) groups is 2. The Kier molecular flexibility index (Phi) is 3.70. The predicted octanol–water partition coefficient (Wildman–Crippen LogP) is 0.781. The van der Waals surface area contributed by atoms with Crippen LogP contribution >= 0.6 is 0 Å². The van der Waals surface area contributed by atoms with Crippen LogP contribution in [0.5, 0.6) is 0 Å². The van der Waals surface area contributed by atoms with Crippen molar-refractivity contribution in [2.45, 2.75) is 37.5 Å². The molecule has 1 fully saturated rings. The molecule has 1 aliphatic carbocycles. The summed E-state index contributed by atoms with van der Waals surface area (Å²) < 4.78 is 13.4. The van der Waals surface area contributed by atoms with Crippen molar-refractivity contribution >= 4 is 12.2 Å². The topological polar surface area (TPSA) is 98.7 Å². The maximum Gasteiger partial charge on any atom is 0.404 e. The van der Waals surface area contributed by atoms with Gasteiger partial charge in [-0.2, -0.15) is 0 Å². The predicted molar refractivity (Wildman–Crippen MR) is 48.6 cm³/mol. The van der Waals surface area contributed by atoms with Crippen molar-refractivity contribution in [2.75, 3.05) is 0 Å². The number of amides is 2. The zero-order valence-corrected chi connectivity index (χ0v) is 7.94. The fraction of sp³-hybridized carbons (Fsp3) is 0.750. The minimum Gasteiger partial charge on any atom is -0.465 e. The molecule has 4 N–H and O–H groups in total. The minimum absolute atomic E-state index is 0.0112. The summed E-state index contributed by atoms with van der Waals surface area (Å²) in [6.07, 6.45) is -3.02. The first-order chi connectivity index (χ1) is 6.99. The first-order valence-electron chi connectivity index (χ1n) is 4.62. The fourth-order valence-electron chi connectivity index (χ4n) is 1.74. The smallest absolute Gasteiger partial charge is 0.404 e. The summed E-state index contributed by atoms with van der Waals surface area (Å²) in [4.78, 5) is 20.6. The van der Waals surface area contributed by atoms with Crippen molar-refractivity contribution in [3.05, 3.63) is 0 Å². The molecule has 0 spiro atoms. The van der Waals surface area contributed by atoms with Gasteiger partial charge in [0.1, 0.15) is 6.17 Å². The van der Waals surface area contributed by atoms with Gasteiger partial charge >= 0.3 is 12.2 Å². The zero-order valence-electron chi connectivity index (χ0n) is 7.94. The van der Waals surface area contributed by atoms with E-state index in [2.05, 4.69) is 10.6 Å². The van der Waals surface area contributed by atoms with Crippen molar-refractivity contribution < 1.29 is 24.2 Å². The number of alkyl halides is 1. The average Bonchev–Trinajstić information content (AvgIpc) is 2.08. The summed E-state index contributed by atoms with van der Waals surface area (Å²) in [5, 5.41) is 21.1. The molecule has 3 atom stereocenters. The molecule has 0 aromatic carbocycles. The summed E-state index contributed by atoms with van der Waals surface area (Å²) in [6, 6.07) is -1.15. The monoisotopic (exact) mass is 220 g/mol. The first-order valence-corrected chi connectivity index (χ1v) is 4.62. The third-order valence-electron chi connectivity index (χ3n) is 2.41. The van der Waals surface area contributed by atoms with E-state index in [4.69, 9.17) is 10.2 Å². The van der Waals surface area contributed by atoms with Gasteiger partial charge in [-0.1, -0.05) is 0 Å². The van der Waals surface area contributed by atoms with E-state index in [1.165, 1.54) is 0 Å². The molecule has 0 aromatic heterocycles. The maximum absolute atomic E-state index is 13.4. The Hall–Kier alpha value is -1.53. The van der Waals surface area contributed by atoms with Crippen molar-refractivity contribution in [2.24, 2.45) is 0 Å². The van der Waals surface area contributed by atoms with Crippen molar-refractivity contribution in [1.82, 2.24) is 10.6 Å². The summed E-state index contributed by atoms with van der Waals surface area (Å²) in [7, 11) is 0. The molecule has 0 aliphatic heterocycles. The molecule has 15 heavy (non-hydrogen) atoms. The normalized spacial score (nSPS) is 30.6. The van der Waals surface area contributed by atoms with Crippen LogP contribution in [0.25, 0.3) is 0 Å². The maximum atomic E-state index is 13.4. The van der Waals surface area contributed by atoms with E-state index in [9.17, 15) is 14.0 Å². The molecule has 2 amide bonds. The van der Waals surface area contributed by atoms with E-state index in [0.717, 1.165) is 0 Å². The molecule has 1 rings (SSSR count). The average molecular weight is 220 g/mol. The van der Waals surface area contributed by atoms with Gasteiger partial charge in [-0.3, -0.25) is 0 Å². The lowest BCUT2D eigenvalue weighted by Gasteiger charge is -2.31. The van der Waals surface area contributed by atoms with Crippen LogP contribution in [0.3, 0.4) is 0 Å². The molecule has 1 aliphatic rings. The van der Waals surface area contributed by atoms with Crippen LogP contribution < -0.4 is 10.6 Å². The van der Waals surface area contributed by atoms with Crippen LogP contribution in [0.15, 0.2) is 0 Å². The first kappa shape index (κ1) is 11.5. The molecule has 0 radical (unpaired) electrons. The molecule has 0 heterocycles. The van der Waals surface area contributed by atoms with Crippen LogP contribution in [0.1, 0.15) is 19.3 Å². The fourth-order valence-corrected chi connectivity index (χ4v) is 1.74. The second-order valence-corrected chi connectivity index (χ2v) is 3.53. The van der Waals surface area contributed by atoms with Crippen LogP contribution in [-0.4, -0.2) is 40.7 Å². The van der Waals surface area contributed by atoms with Crippen LogP contribution in [-0.2, 0) is 0 Å². The quantitative estimate of drug-likeness (QED) is 0.552. The summed E-state index contributed by atoms with van der Waals surface area (Å²) >= 11 is 0. The zero-order chi connectivity index (χ0) is 11.4. The Morgan fingerprint density at radius 2 is 1.73 bits per heavy atom. The van der Waals surface area contributed by atoms with Gasteiger partial charge in [0.15, 0.2) is 0 Å². The summed E-state index contributed by atoms with van der Waals surface area (Å²) in [5.41, 5.74) is 0. The number of nitrogens with one attached hydrogen (secondary N) is 2. The third-order valence-corrected chi connectivity index (χ3v) is 2.41. The molecule has 1 saturated carbocycles. The van der Waals surface area contributed by atoms with Gasteiger partial charge in [0.25, 0.3) is 0 Å². The number of carboxylic acid groups (broad SMARTS) is 2. The second kappa shape index (κ2) is 4.81. The molecule has 86 valence electrons. The number of hydrogen-bond acceptors (Lipinski definition) is 2. The number of halogens is 1. The van der Waals surface area contributed by atoms with Gasteiger partial charge in [0.2, 0.25) is 0 Å². The van der Waals surface area contributed by atoms with Gasteiger partial charge in [-0.05, 0) is 12.8 Å². The summed E-state index contributed by atoms with van der Waals surface area (Å²) in [5.74, 6) is 0. The lowest BCUT2D eigenvalue weighted by molar-refractivity contribution is 0.137. The molecule has 0 saturated heterocycles. The van der Waals surface area contributed by atoms with E-state index in [-0.39, 0.29) is 6.42 Å². The van der Waals surface area contributed by atoms with E-state index >= 15 is 0 Å². The van der Waals surface area contributed by atoms with E-state index in [1.54, 1.807) is 0 Å². The standard InChI is InChI=1S/C8H13FN2O4/c9-5-3-4(10-7(12)13)1-2-6(5)11-8(14)15/h4-6,10-11H,1-3H2,(H,12,13)(H,14,15)/t4-,5+,6-/m1/s1. The van der Waals surface area contributed by atoms with Crippen molar-refractivity contribution in [3.63, 3.8) is 0 Å². The van der Waals surface area contributed by atoms with E-state index in [1.807, 2.05) is 0 Å². The minimum atomic E-state index is -1.34. The Morgan fingerprint density at radius 3 is 2.20 bits per heavy atom. The van der Waals surface area contributed by atoms with Crippen LogP contribution in [0.4, 0.5) is 14.0 Å². The van der Waals surface area contributed by atoms with E-state index in [0.29, 0.717) is 12.8 Å². The molecular formula is C8H13FN2O4. The molecule has 6 nitrogen and oxygen atoms in total. The Balaban J connectivity index is 2.40. The lowest BCUT2D eigenvalue weighted by atomic mass is 9.90. The third kappa shape index (κ3) is 3.61. The largest absolute Gasteiger partial charge is 0.465 e. The Bertz CT molecular complexity index is 261. The van der Waals surface area contributed by atoms with E-state index < -0.39 is 30.4 Å². The molecule has 0 bridgehead atoms. The number of rotatable bonds is 2. The highest BCUT2D eigenvalue weighted by Gasteiger charge is 2.32.